The number of hydrogen-bond donors (Lipinski definition) is 2. The summed E-state index contributed by atoms with van der Waals surface area (Å²) in [5.41, 5.74) is 3.49. The van der Waals surface area contributed by atoms with Gasteiger partial charge in [0, 0.05) is 68.2 Å². The van der Waals surface area contributed by atoms with Gasteiger partial charge in [0.25, 0.3) is 11.8 Å². The second-order valence-corrected chi connectivity index (χ2v) is 10.3. The van der Waals surface area contributed by atoms with E-state index in [1.807, 2.05) is 56.0 Å². The first-order valence-corrected chi connectivity index (χ1v) is 13.9. The predicted molar refractivity (Wildman–Crippen MR) is 151 cm³/mol. The number of anilines is 1. The molecule has 2 aliphatic rings. The van der Waals surface area contributed by atoms with Crippen LogP contribution in [0.3, 0.4) is 0 Å². The molecule has 0 radical (unpaired) electrons. The lowest BCUT2D eigenvalue weighted by atomic mass is 10.0. The molecular weight excluding hydrogens is 478 g/mol. The Bertz CT molecular complexity index is 1110. The summed E-state index contributed by atoms with van der Waals surface area (Å²) in [6.07, 6.45) is 3.08. The van der Waals surface area contributed by atoms with Gasteiger partial charge >= 0.3 is 0 Å². The summed E-state index contributed by atoms with van der Waals surface area (Å²) in [7, 11) is 0. The Morgan fingerprint density at radius 2 is 1.63 bits per heavy atom. The molecule has 2 saturated heterocycles. The van der Waals surface area contributed by atoms with Crippen LogP contribution in [-0.2, 0) is 4.79 Å². The summed E-state index contributed by atoms with van der Waals surface area (Å²) in [4.78, 5) is 44.1. The third-order valence-electron chi connectivity index (χ3n) is 7.79. The molecule has 8 heteroatoms. The fraction of sp³-hybridized carbons (Fsp3) is 0.500. The van der Waals surface area contributed by atoms with Crippen LogP contribution in [0.2, 0.25) is 0 Å². The van der Waals surface area contributed by atoms with Crippen molar-refractivity contribution in [2.75, 3.05) is 50.7 Å². The van der Waals surface area contributed by atoms with Gasteiger partial charge in [-0.2, -0.15) is 0 Å². The number of piperidine rings is 1. The van der Waals surface area contributed by atoms with E-state index in [4.69, 9.17) is 0 Å². The first-order valence-electron chi connectivity index (χ1n) is 13.9. The minimum atomic E-state index is -0.228. The average Bonchev–Trinajstić information content (AvgIpc) is 3.41. The summed E-state index contributed by atoms with van der Waals surface area (Å²) >= 11 is 0. The van der Waals surface area contributed by atoms with Crippen molar-refractivity contribution in [3.05, 3.63) is 65.2 Å². The molecule has 2 N–H and O–H groups in total. The zero-order chi connectivity index (χ0) is 27.1. The molecule has 0 unspecified atom stereocenters. The second kappa shape index (κ2) is 12.9. The summed E-state index contributed by atoms with van der Waals surface area (Å²) in [5, 5.41) is 5.82. The number of carbonyl (C=O) groups is 3. The van der Waals surface area contributed by atoms with Gasteiger partial charge < -0.3 is 20.4 Å². The molecule has 2 heterocycles. The van der Waals surface area contributed by atoms with E-state index in [9.17, 15) is 14.4 Å². The van der Waals surface area contributed by atoms with Gasteiger partial charge in [-0.25, -0.2) is 0 Å². The van der Waals surface area contributed by atoms with Crippen molar-refractivity contribution in [2.24, 2.45) is 0 Å². The third-order valence-corrected chi connectivity index (χ3v) is 7.79. The van der Waals surface area contributed by atoms with Crippen molar-refractivity contribution < 1.29 is 14.4 Å². The molecule has 0 spiro atoms. The normalized spacial score (nSPS) is 18.3. The lowest BCUT2D eigenvalue weighted by Gasteiger charge is -2.38. The van der Waals surface area contributed by atoms with Gasteiger partial charge in [0.05, 0.1) is 6.54 Å². The van der Waals surface area contributed by atoms with Crippen LogP contribution < -0.4 is 15.5 Å². The molecule has 2 aromatic carbocycles. The van der Waals surface area contributed by atoms with E-state index in [2.05, 4.69) is 32.6 Å². The monoisotopic (exact) mass is 519 g/mol. The van der Waals surface area contributed by atoms with Crippen LogP contribution in [0.1, 0.15) is 59.4 Å². The number of rotatable bonds is 9. The van der Waals surface area contributed by atoms with Gasteiger partial charge in [-0.15, -0.1) is 0 Å². The van der Waals surface area contributed by atoms with Crippen molar-refractivity contribution in [3.8, 4) is 0 Å². The molecule has 2 fully saturated rings. The molecule has 0 aromatic heterocycles. The van der Waals surface area contributed by atoms with Crippen LogP contribution in [0.25, 0.3) is 0 Å². The molecule has 2 aliphatic heterocycles. The van der Waals surface area contributed by atoms with Crippen LogP contribution in [0.5, 0.6) is 0 Å². The molecule has 204 valence electrons. The molecule has 4 rings (SSSR count). The number of likely N-dealkylation sites (tertiary alicyclic amines) is 1. The minimum absolute atomic E-state index is 0.0129. The van der Waals surface area contributed by atoms with Crippen LogP contribution >= 0.6 is 0 Å². The summed E-state index contributed by atoms with van der Waals surface area (Å²) in [6, 6.07) is 16.0. The van der Waals surface area contributed by atoms with Crippen molar-refractivity contribution in [2.45, 2.75) is 52.1 Å². The molecular formula is C30H41N5O3. The number of benzene rings is 2. The standard InChI is InChI=1S/C30H41N5O3/c1-4-33(5-2)30(38)23-9-11-26(12-10-23)34-17-14-27(15-18-34)35-16-13-25(21-35)32-28(36)20-31-29(37)24-8-6-7-22(3)19-24/h6-12,19,25,27H,4-5,13-18,20-21H2,1-3H3,(H,31,37)(H,32,36)/t25-/m1/s1. The van der Waals surface area contributed by atoms with E-state index in [-0.39, 0.29) is 30.3 Å². The Hall–Kier alpha value is -3.39. The molecule has 0 bridgehead atoms. The molecule has 0 aliphatic carbocycles. The molecule has 0 saturated carbocycles. The van der Waals surface area contributed by atoms with Gasteiger partial charge in [0.2, 0.25) is 5.91 Å². The lowest BCUT2D eigenvalue weighted by Crippen LogP contribution is -2.46. The SMILES string of the molecule is CCN(CC)C(=O)c1ccc(N2CCC(N3CC[C@@H](NC(=O)CNC(=O)c4cccc(C)c4)C3)CC2)cc1. The fourth-order valence-electron chi connectivity index (χ4n) is 5.56. The Labute approximate surface area is 226 Å². The number of nitrogens with one attached hydrogen (secondary N) is 2. The topological polar surface area (TPSA) is 85.0 Å². The maximum atomic E-state index is 12.6. The number of aryl methyl sites for hydroxylation is 1. The van der Waals surface area contributed by atoms with Crippen molar-refractivity contribution in [3.63, 3.8) is 0 Å². The zero-order valence-electron chi connectivity index (χ0n) is 22.9. The lowest BCUT2D eigenvalue weighted by molar-refractivity contribution is -0.120. The van der Waals surface area contributed by atoms with Crippen LogP contribution in [0.4, 0.5) is 5.69 Å². The molecule has 2 aromatic rings. The van der Waals surface area contributed by atoms with E-state index >= 15 is 0 Å². The Balaban J connectivity index is 1.19. The van der Waals surface area contributed by atoms with Gasteiger partial charge in [-0.1, -0.05) is 17.7 Å². The predicted octanol–water partition coefficient (Wildman–Crippen LogP) is 3.07. The number of nitrogens with zero attached hydrogens (tertiary/aromatic N) is 3. The molecule has 1 atom stereocenters. The smallest absolute Gasteiger partial charge is 0.253 e. The van der Waals surface area contributed by atoms with Crippen LogP contribution in [0.15, 0.2) is 48.5 Å². The molecule has 38 heavy (non-hydrogen) atoms. The summed E-state index contributed by atoms with van der Waals surface area (Å²) in [5.74, 6) is -0.283. The van der Waals surface area contributed by atoms with Crippen molar-refractivity contribution in [1.29, 1.82) is 0 Å². The maximum Gasteiger partial charge on any atom is 0.253 e. The highest BCUT2D eigenvalue weighted by Gasteiger charge is 2.31. The minimum Gasteiger partial charge on any atom is -0.371 e. The highest BCUT2D eigenvalue weighted by molar-refractivity contribution is 5.96. The van der Waals surface area contributed by atoms with Gasteiger partial charge in [-0.3, -0.25) is 19.3 Å². The van der Waals surface area contributed by atoms with E-state index in [1.165, 1.54) is 5.69 Å². The van der Waals surface area contributed by atoms with E-state index in [1.54, 1.807) is 6.07 Å². The Morgan fingerprint density at radius 3 is 2.29 bits per heavy atom. The first-order chi connectivity index (χ1) is 18.4. The highest BCUT2D eigenvalue weighted by atomic mass is 16.2. The summed E-state index contributed by atoms with van der Waals surface area (Å²) in [6.45, 7) is 11.2. The Kier molecular flexibility index (Phi) is 9.39. The highest BCUT2D eigenvalue weighted by Crippen LogP contribution is 2.25. The van der Waals surface area contributed by atoms with E-state index in [0.29, 0.717) is 11.6 Å². The average molecular weight is 520 g/mol. The quantitative estimate of drug-likeness (QED) is 0.532. The van der Waals surface area contributed by atoms with Crippen LogP contribution in [0, 0.1) is 6.92 Å². The molecule has 3 amide bonds. The molecule has 8 nitrogen and oxygen atoms in total. The summed E-state index contributed by atoms with van der Waals surface area (Å²) < 4.78 is 0. The van der Waals surface area contributed by atoms with Gasteiger partial charge in [-0.05, 0) is 76.4 Å². The number of amides is 3. The van der Waals surface area contributed by atoms with Crippen molar-refractivity contribution in [1.82, 2.24) is 20.4 Å². The third kappa shape index (κ3) is 6.92. The maximum absolute atomic E-state index is 12.6. The number of carbonyl (C=O) groups excluding carboxylic acids is 3. The van der Waals surface area contributed by atoms with Gasteiger partial charge in [0.15, 0.2) is 0 Å². The Morgan fingerprint density at radius 1 is 0.921 bits per heavy atom. The zero-order valence-corrected chi connectivity index (χ0v) is 22.9. The first kappa shape index (κ1) is 27.6. The van der Waals surface area contributed by atoms with E-state index < -0.39 is 0 Å². The number of hydrogen-bond acceptors (Lipinski definition) is 5. The van der Waals surface area contributed by atoms with Crippen LogP contribution in [-0.4, -0.2) is 85.4 Å². The second-order valence-electron chi connectivity index (χ2n) is 10.3. The van der Waals surface area contributed by atoms with Gasteiger partial charge in [0.1, 0.15) is 0 Å². The fourth-order valence-corrected chi connectivity index (χ4v) is 5.56. The largest absolute Gasteiger partial charge is 0.371 e. The van der Waals surface area contributed by atoms with E-state index in [0.717, 1.165) is 69.7 Å². The van der Waals surface area contributed by atoms with Crippen molar-refractivity contribution >= 4 is 23.4 Å².